The van der Waals surface area contributed by atoms with Crippen LogP contribution < -0.4 is 5.32 Å². The van der Waals surface area contributed by atoms with Crippen LogP contribution in [0.1, 0.15) is 25.3 Å². The fourth-order valence-electron chi connectivity index (χ4n) is 1.57. The van der Waals surface area contributed by atoms with E-state index in [2.05, 4.69) is 15.5 Å². The second-order valence-electron chi connectivity index (χ2n) is 4.59. The fourth-order valence-corrected chi connectivity index (χ4v) is 1.57. The summed E-state index contributed by atoms with van der Waals surface area (Å²) in [6, 6.07) is 2.80. The standard InChI is InChI=1S/C13H15F2N3O/c1-7(2)16-6-10-17-18-13(19-10)11-9(14)5-4-8(3)12(11)15/h4-5,7,16H,6H2,1-3H3. The lowest BCUT2D eigenvalue weighted by Crippen LogP contribution is -2.21. The Hall–Kier alpha value is -1.82. The van der Waals surface area contributed by atoms with E-state index in [1.807, 2.05) is 13.8 Å². The molecule has 1 N–H and O–H groups in total. The maximum absolute atomic E-state index is 13.9. The summed E-state index contributed by atoms with van der Waals surface area (Å²) < 4.78 is 32.8. The van der Waals surface area contributed by atoms with Gasteiger partial charge in [-0.2, -0.15) is 0 Å². The molecule has 2 rings (SSSR count). The molecule has 0 spiro atoms. The molecule has 6 heteroatoms. The second-order valence-corrected chi connectivity index (χ2v) is 4.59. The number of benzene rings is 1. The third-order valence-corrected chi connectivity index (χ3v) is 2.63. The molecular weight excluding hydrogens is 252 g/mol. The SMILES string of the molecule is Cc1ccc(F)c(-c2nnc(CNC(C)C)o2)c1F. The van der Waals surface area contributed by atoms with Gasteiger partial charge >= 0.3 is 0 Å². The Morgan fingerprint density at radius 3 is 2.68 bits per heavy atom. The highest BCUT2D eigenvalue weighted by Gasteiger charge is 2.19. The van der Waals surface area contributed by atoms with Crippen molar-refractivity contribution in [2.75, 3.05) is 0 Å². The van der Waals surface area contributed by atoms with E-state index >= 15 is 0 Å². The first-order valence-corrected chi connectivity index (χ1v) is 5.99. The van der Waals surface area contributed by atoms with Gasteiger partial charge in [-0.3, -0.25) is 0 Å². The first kappa shape index (κ1) is 13.6. The third-order valence-electron chi connectivity index (χ3n) is 2.63. The number of nitrogens with one attached hydrogen (secondary N) is 1. The lowest BCUT2D eigenvalue weighted by molar-refractivity contribution is 0.454. The molecule has 0 saturated heterocycles. The Morgan fingerprint density at radius 2 is 2.00 bits per heavy atom. The topological polar surface area (TPSA) is 51.0 Å². The second kappa shape index (κ2) is 5.44. The van der Waals surface area contributed by atoms with Crippen LogP contribution in [0.3, 0.4) is 0 Å². The number of halogens is 2. The van der Waals surface area contributed by atoms with E-state index in [0.717, 1.165) is 0 Å². The normalized spacial score (nSPS) is 11.3. The van der Waals surface area contributed by atoms with Crippen LogP contribution in [0, 0.1) is 18.6 Å². The Kier molecular flexibility index (Phi) is 3.90. The maximum atomic E-state index is 13.9. The molecule has 0 amide bonds. The number of hydrogen-bond donors (Lipinski definition) is 1. The number of aryl methyl sites for hydroxylation is 1. The van der Waals surface area contributed by atoms with E-state index in [1.54, 1.807) is 6.92 Å². The van der Waals surface area contributed by atoms with Gasteiger partial charge in [0.1, 0.15) is 17.2 Å². The Balaban J connectivity index is 2.30. The smallest absolute Gasteiger partial charge is 0.253 e. The van der Waals surface area contributed by atoms with E-state index in [1.165, 1.54) is 12.1 Å². The monoisotopic (exact) mass is 267 g/mol. The van der Waals surface area contributed by atoms with E-state index in [0.29, 0.717) is 18.0 Å². The molecule has 2 aromatic rings. The van der Waals surface area contributed by atoms with E-state index < -0.39 is 11.6 Å². The molecule has 0 radical (unpaired) electrons. The summed E-state index contributed by atoms with van der Waals surface area (Å²) >= 11 is 0. The van der Waals surface area contributed by atoms with Crippen LogP contribution in [-0.4, -0.2) is 16.2 Å². The molecule has 19 heavy (non-hydrogen) atoms. The molecule has 1 aromatic carbocycles. The van der Waals surface area contributed by atoms with Gasteiger partial charge in [-0.1, -0.05) is 19.9 Å². The van der Waals surface area contributed by atoms with Gasteiger partial charge in [0.2, 0.25) is 5.89 Å². The van der Waals surface area contributed by atoms with E-state index in [4.69, 9.17) is 4.42 Å². The summed E-state index contributed by atoms with van der Waals surface area (Å²) in [6.07, 6.45) is 0. The van der Waals surface area contributed by atoms with E-state index in [9.17, 15) is 8.78 Å². The molecule has 0 unspecified atom stereocenters. The van der Waals surface area contributed by atoms with Crippen molar-refractivity contribution in [1.82, 2.24) is 15.5 Å². The predicted molar refractivity (Wildman–Crippen MR) is 66.4 cm³/mol. The third kappa shape index (κ3) is 2.96. The van der Waals surface area contributed by atoms with Crippen LogP contribution in [0.4, 0.5) is 8.78 Å². The predicted octanol–water partition coefficient (Wildman–Crippen LogP) is 2.82. The molecule has 0 aliphatic carbocycles. The van der Waals surface area contributed by atoms with Gasteiger partial charge in [0.15, 0.2) is 0 Å². The van der Waals surface area contributed by atoms with Crippen LogP contribution >= 0.6 is 0 Å². The van der Waals surface area contributed by atoms with Gasteiger partial charge in [-0.05, 0) is 18.6 Å². The average Bonchev–Trinajstić information content (AvgIpc) is 2.80. The molecule has 1 aromatic heterocycles. The zero-order valence-corrected chi connectivity index (χ0v) is 11.0. The molecule has 0 aliphatic heterocycles. The summed E-state index contributed by atoms with van der Waals surface area (Å²) in [7, 11) is 0. The molecule has 0 fully saturated rings. The largest absolute Gasteiger partial charge is 0.419 e. The molecule has 0 bridgehead atoms. The molecule has 0 aliphatic rings. The Morgan fingerprint density at radius 1 is 1.26 bits per heavy atom. The van der Waals surface area contributed by atoms with Crippen LogP contribution in [0.15, 0.2) is 16.5 Å². The maximum Gasteiger partial charge on any atom is 0.253 e. The lowest BCUT2D eigenvalue weighted by atomic mass is 10.1. The summed E-state index contributed by atoms with van der Waals surface area (Å²) in [5.41, 5.74) is 0.0553. The van der Waals surface area contributed by atoms with Crippen molar-refractivity contribution in [3.63, 3.8) is 0 Å². The zero-order chi connectivity index (χ0) is 14.0. The van der Waals surface area contributed by atoms with Crippen molar-refractivity contribution in [1.29, 1.82) is 0 Å². The van der Waals surface area contributed by atoms with Gasteiger partial charge < -0.3 is 9.73 Å². The van der Waals surface area contributed by atoms with Crippen molar-refractivity contribution in [2.24, 2.45) is 0 Å². The van der Waals surface area contributed by atoms with Crippen molar-refractivity contribution in [3.8, 4) is 11.5 Å². The number of nitrogens with zero attached hydrogens (tertiary/aromatic N) is 2. The summed E-state index contributed by atoms with van der Waals surface area (Å²) in [5.74, 6) is -1.23. The first-order valence-electron chi connectivity index (χ1n) is 5.99. The fraction of sp³-hybridized carbons (Fsp3) is 0.385. The zero-order valence-electron chi connectivity index (χ0n) is 11.0. The minimum Gasteiger partial charge on any atom is -0.419 e. The first-order chi connectivity index (χ1) is 8.99. The Bertz CT molecular complexity index is 581. The van der Waals surface area contributed by atoms with Crippen LogP contribution in [0.5, 0.6) is 0 Å². The minimum absolute atomic E-state index is 0.140. The minimum atomic E-state index is -0.713. The highest BCUT2D eigenvalue weighted by Crippen LogP contribution is 2.26. The van der Waals surface area contributed by atoms with Crippen LogP contribution in [0.25, 0.3) is 11.5 Å². The molecule has 0 atom stereocenters. The quantitative estimate of drug-likeness (QED) is 0.925. The molecular formula is C13H15F2N3O. The van der Waals surface area contributed by atoms with Gasteiger partial charge in [0.25, 0.3) is 5.89 Å². The number of hydrogen-bond acceptors (Lipinski definition) is 4. The number of aromatic nitrogens is 2. The highest BCUT2D eigenvalue weighted by molar-refractivity contribution is 5.56. The van der Waals surface area contributed by atoms with Gasteiger partial charge in [-0.15, -0.1) is 10.2 Å². The van der Waals surface area contributed by atoms with Crippen LogP contribution in [-0.2, 0) is 6.54 Å². The number of rotatable bonds is 4. The van der Waals surface area contributed by atoms with E-state index in [-0.39, 0.29) is 17.5 Å². The molecule has 0 saturated carbocycles. The molecule has 4 nitrogen and oxygen atoms in total. The van der Waals surface area contributed by atoms with Crippen molar-refractivity contribution < 1.29 is 13.2 Å². The highest BCUT2D eigenvalue weighted by atomic mass is 19.1. The molecule has 1 heterocycles. The van der Waals surface area contributed by atoms with Crippen LogP contribution in [0.2, 0.25) is 0 Å². The summed E-state index contributed by atoms with van der Waals surface area (Å²) in [4.78, 5) is 0. The average molecular weight is 267 g/mol. The summed E-state index contributed by atoms with van der Waals surface area (Å²) in [6.45, 7) is 5.85. The van der Waals surface area contributed by atoms with Crippen molar-refractivity contribution >= 4 is 0 Å². The molecule has 102 valence electrons. The van der Waals surface area contributed by atoms with Gasteiger partial charge in [0, 0.05) is 6.04 Å². The van der Waals surface area contributed by atoms with Crippen molar-refractivity contribution in [2.45, 2.75) is 33.4 Å². The van der Waals surface area contributed by atoms with Gasteiger partial charge in [0.05, 0.1) is 6.54 Å². The van der Waals surface area contributed by atoms with Gasteiger partial charge in [-0.25, -0.2) is 8.78 Å². The Labute approximate surface area is 109 Å². The summed E-state index contributed by atoms with van der Waals surface area (Å²) in [5, 5.41) is 10.5. The van der Waals surface area contributed by atoms with Crippen molar-refractivity contribution in [3.05, 3.63) is 35.2 Å². The lowest BCUT2D eigenvalue weighted by Gasteiger charge is -2.04.